The second-order valence-electron chi connectivity index (χ2n) is 8.68. The van der Waals surface area contributed by atoms with Crippen LogP contribution in [0.2, 0.25) is 0 Å². The lowest BCUT2D eigenvalue weighted by atomic mass is 10.0. The number of carbonyl (C=O) groups is 1. The first kappa shape index (κ1) is 23.9. The number of hydrogen-bond acceptors (Lipinski definition) is 4. The highest BCUT2D eigenvalue weighted by molar-refractivity contribution is 7.18. The van der Waals surface area contributed by atoms with Crippen LogP contribution in [0.5, 0.6) is 5.75 Å². The fourth-order valence-electron chi connectivity index (χ4n) is 4.21. The Balaban J connectivity index is 1.43. The fourth-order valence-corrected chi connectivity index (χ4v) is 5.51. The van der Waals surface area contributed by atoms with Gasteiger partial charge in [-0.1, -0.05) is 39.6 Å². The number of alkyl halides is 1. The zero-order chi connectivity index (χ0) is 23.6. The Morgan fingerprint density at radius 1 is 1.15 bits per heavy atom. The zero-order valence-corrected chi connectivity index (χ0v) is 20.9. The summed E-state index contributed by atoms with van der Waals surface area (Å²) < 4.78 is 19.5. The lowest BCUT2D eigenvalue weighted by Gasteiger charge is -2.26. The molecule has 0 radical (unpaired) electrons. The minimum absolute atomic E-state index is 0.293. The van der Waals surface area contributed by atoms with Crippen molar-refractivity contribution in [1.82, 2.24) is 4.90 Å². The number of aliphatic carboxylic acids is 1. The molecule has 0 fully saturated rings. The number of benzene rings is 2. The van der Waals surface area contributed by atoms with Crippen LogP contribution >= 0.6 is 20.6 Å². The number of halogens is 1. The number of carboxylic acid groups (broad SMARTS) is 1. The van der Waals surface area contributed by atoms with Crippen molar-refractivity contribution in [3.8, 4) is 16.2 Å². The number of carboxylic acids is 1. The van der Waals surface area contributed by atoms with E-state index in [0.717, 1.165) is 31.5 Å². The Hall–Kier alpha value is -2.27. The molecule has 33 heavy (non-hydrogen) atoms. The molecular weight excluding hydrogens is 456 g/mol. The van der Waals surface area contributed by atoms with Crippen LogP contribution in [-0.2, 0) is 23.0 Å². The molecule has 1 N–H and O–H groups in total. The minimum Gasteiger partial charge on any atom is -0.482 e. The van der Waals surface area contributed by atoms with Gasteiger partial charge in [0.05, 0.1) is 0 Å². The molecule has 4 nitrogen and oxygen atoms in total. The summed E-state index contributed by atoms with van der Waals surface area (Å²) >= 11 is 1.79. The standard InChI is InChI=1S/C26H29FNO3PS/c1-17(23-9-10-24(33-23)19-3-6-21(7-4-19)26(2,27)32)28-13-11-18-5-8-22(31-16-25(29)30)15-20(18)12-14-28/h3-10,15,17H,11-14,16,32H2,1-2H3,(H,29,30). The van der Waals surface area contributed by atoms with Crippen molar-refractivity contribution < 1.29 is 19.0 Å². The van der Waals surface area contributed by atoms with Gasteiger partial charge in [0, 0.05) is 28.9 Å². The molecule has 0 aliphatic carbocycles. The van der Waals surface area contributed by atoms with Crippen LogP contribution in [0.25, 0.3) is 10.4 Å². The summed E-state index contributed by atoms with van der Waals surface area (Å²) in [5.41, 5.74) is 4.29. The predicted molar refractivity (Wildman–Crippen MR) is 135 cm³/mol. The van der Waals surface area contributed by atoms with Crippen LogP contribution in [0.15, 0.2) is 54.6 Å². The van der Waals surface area contributed by atoms with E-state index < -0.39 is 11.4 Å². The summed E-state index contributed by atoms with van der Waals surface area (Å²) in [6.07, 6.45) is 1.86. The van der Waals surface area contributed by atoms with Gasteiger partial charge in [-0.15, -0.1) is 11.3 Å². The maximum atomic E-state index is 14.1. The third-order valence-electron chi connectivity index (χ3n) is 6.20. The summed E-state index contributed by atoms with van der Waals surface area (Å²) in [6, 6.07) is 18.2. The van der Waals surface area contributed by atoms with Crippen molar-refractivity contribution in [2.75, 3.05) is 19.7 Å². The Labute approximate surface area is 200 Å². The Morgan fingerprint density at radius 3 is 2.52 bits per heavy atom. The highest BCUT2D eigenvalue weighted by Gasteiger charge is 2.22. The smallest absolute Gasteiger partial charge is 0.341 e. The Morgan fingerprint density at radius 2 is 1.85 bits per heavy atom. The normalized spacial score (nSPS) is 17.0. The first-order chi connectivity index (χ1) is 15.7. The molecule has 2 heterocycles. The second kappa shape index (κ2) is 9.92. The number of ether oxygens (including phenoxy) is 1. The van der Waals surface area contributed by atoms with Gasteiger partial charge in [0.1, 0.15) is 11.2 Å². The molecule has 1 aromatic heterocycles. The maximum absolute atomic E-state index is 14.1. The van der Waals surface area contributed by atoms with E-state index >= 15 is 0 Å². The van der Waals surface area contributed by atoms with Gasteiger partial charge in [-0.3, -0.25) is 4.90 Å². The molecule has 3 atom stereocenters. The molecule has 0 saturated heterocycles. The van der Waals surface area contributed by atoms with Crippen molar-refractivity contribution in [3.63, 3.8) is 0 Å². The topological polar surface area (TPSA) is 49.8 Å². The van der Waals surface area contributed by atoms with E-state index in [1.165, 1.54) is 20.9 Å². The van der Waals surface area contributed by atoms with E-state index in [-0.39, 0.29) is 6.61 Å². The van der Waals surface area contributed by atoms with Gasteiger partial charge >= 0.3 is 5.97 Å². The summed E-state index contributed by atoms with van der Waals surface area (Å²) in [5.74, 6) is -0.359. The van der Waals surface area contributed by atoms with E-state index in [2.05, 4.69) is 39.3 Å². The van der Waals surface area contributed by atoms with Gasteiger partial charge in [0.25, 0.3) is 0 Å². The SMILES string of the molecule is CC(c1ccc(-c2ccc(C(C)(F)P)cc2)s1)N1CCc2ccc(OCC(=O)O)cc2CC1. The number of nitrogens with zero attached hydrogens (tertiary/aromatic N) is 1. The third kappa shape index (κ3) is 5.81. The number of thiophene rings is 1. The van der Waals surface area contributed by atoms with Crippen molar-refractivity contribution in [2.45, 2.75) is 38.1 Å². The van der Waals surface area contributed by atoms with Crippen molar-refractivity contribution in [3.05, 3.63) is 76.2 Å². The molecule has 0 spiro atoms. The Kier molecular flexibility index (Phi) is 7.18. The van der Waals surface area contributed by atoms with Crippen molar-refractivity contribution in [2.24, 2.45) is 0 Å². The monoisotopic (exact) mass is 485 g/mol. The van der Waals surface area contributed by atoms with Gasteiger partial charge in [-0.2, -0.15) is 0 Å². The van der Waals surface area contributed by atoms with Crippen LogP contribution in [0.4, 0.5) is 4.39 Å². The lowest BCUT2D eigenvalue weighted by Crippen LogP contribution is -2.29. The van der Waals surface area contributed by atoms with E-state index in [9.17, 15) is 9.18 Å². The highest BCUT2D eigenvalue weighted by atomic mass is 32.1. The Bertz CT molecular complexity index is 1120. The van der Waals surface area contributed by atoms with Crippen LogP contribution < -0.4 is 4.74 Å². The zero-order valence-electron chi connectivity index (χ0n) is 18.9. The van der Waals surface area contributed by atoms with Crippen LogP contribution in [0, 0.1) is 0 Å². The lowest BCUT2D eigenvalue weighted by molar-refractivity contribution is -0.139. The number of rotatable bonds is 7. The first-order valence-electron chi connectivity index (χ1n) is 11.1. The van der Waals surface area contributed by atoms with E-state index in [1.807, 2.05) is 36.4 Å². The average molecular weight is 486 g/mol. The summed E-state index contributed by atoms with van der Waals surface area (Å²) in [4.78, 5) is 15.8. The number of hydrogen-bond donors (Lipinski definition) is 1. The predicted octanol–water partition coefficient (Wildman–Crippen LogP) is 6.06. The average Bonchev–Trinajstić information content (AvgIpc) is 3.18. The maximum Gasteiger partial charge on any atom is 0.341 e. The fraction of sp³-hybridized carbons (Fsp3) is 0.346. The van der Waals surface area contributed by atoms with Gasteiger partial charge < -0.3 is 9.84 Å². The molecule has 2 aromatic carbocycles. The summed E-state index contributed by atoms with van der Waals surface area (Å²) in [5, 5.41) is 7.42. The molecule has 3 unspecified atom stereocenters. The highest BCUT2D eigenvalue weighted by Crippen LogP contribution is 2.37. The molecule has 0 saturated carbocycles. The van der Waals surface area contributed by atoms with Gasteiger partial charge in [0.2, 0.25) is 0 Å². The van der Waals surface area contributed by atoms with Gasteiger partial charge in [-0.05, 0) is 73.2 Å². The number of fused-ring (bicyclic) bond motifs is 1. The molecular formula is C26H29FNO3PS. The van der Waals surface area contributed by atoms with Crippen LogP contribution in [-0.4, -0.2) is 35.7 Å². The molecule has 3 aromatic rings. The summed E-state index contributed by atoms with van der Waals surface area (Å²) in [7, 11) is 2.24. The van der Waals surface area contributed by atoms with Crippen molar-refractivity contribution in [1.29, 1.82) is 0 Å². The quantitative estimate of drug-likeness (QED) is 0.414. The molecule has 0 bridgehead atoms. The summed E-state index contributed by atoms with van der Waals surface area (Å²) in [6.45, 7) is 5.37. The molecule has 1 aliphatic rings. The third-order valence-corrected chi connectivity index (χ3v) is 7.83. The molecule has 174 valence electrons. The second-order valence-corrected chi connectivity index (χ2v) is 10.9. The molecule has 7 heteroatoms. The first-order valence-corrected chi connectivity index (χ1v) is 12.5. The van der Waals surface area contributed by atoms with E-state index in [4.69, 9.17) is 9.84 Å². The van der Waals surface area contributed by atoms with E-state index in [1.54, 1.807) is 18.3 Å². The van der Waals surface area contributed by atoms with Crippen LogP contribution in [0.3, 0.4) is 0 Å². The largest absolute Gasteiger partial charge is 0.482 e. The molecule has 4 rings (SSSR count). The minimum atomic E-state index is -1.42. The molecule has 1 aliphatic heterocycles. The van der Waals surface area contributed by atoms with Crippen LogP contribution in [0.1, 0.15) is 41.5 Å². The van der Waals surface area contributed by atoms with Gasteiger partial charge in [0.15, 0.2) is 6.61 Å². The van der Waals surface area contributed by atoms with Gasteiger partial charge in [-0.25, -0.2) is 9.18 Å². The van der Waals surface area contributed by atoms with Crippen molar-refractivity contribution >= 4 is 26.5 Å². The van der Waals surface area contributed by atoms with E-state index in [0.29, 0.717) is 17.4 Å². The molecule has 0 amide bonds.